The van der Waals surface area contributed by atoms with Gasteiger partial charge in [0.25, 0.3) is 5.56 Å². The predicted molar refractivity (Wildman–Crippen MR) is 268 cm³/mol. The number of aryl methyl sites for hydroxylation is 1. The highest BCUT2D eigenvalue weighted by Crippen LogP contribution is 2.43. The van der Waals surface area contributed by atoms with E-state index in [4.69, 9.17) is 0 Å². The van der Waals surface area contributed by atoms with Gasteiger partial charge in [-0.3, -0.25) is 9.20 Å². The van der Waals surface area contributed by atoms with E-state index in [1.165, 1.54) is 55.5 Å². The lowest BCUT2D eigenvalue weighted by Gasteiger charge is -2.12. The van der Waals surface area contributed by atoms with Crippen LogP contribution < -0.4 is 5.56 Å². The number of nitrogens with zero attached hydrogens (tertiary/aromatic N) is 2. The third kappa shape index (κ3) is 5.71. The molecule has 3 nitrogen and oxygen atoms in total. The van der Waals surface area contributed by atoms with Crippen LogP contribution in [-0.2, 0) is 6.42 Å². The highest BCUT2D eigenvalue weighted by atomic mass is 16.1. The van der Waals surface area contributed by atoms with Crippen LogP contribution in [0.2, 0.25) is 0 Å². The first-order valence-corrected chi connectivity index (χ1v) is 22.2. The summed E-state index contributed by atoms with van der Waals surface area (Å²) in [5.74, 6) is 0. The van der Waals surface area contributed by atoms with Gasteiger partial charge >= 0.3 is 0 Å². The third-order valence-electron chi connectivity index (χ3n) is 13.5. The molecule has 0 saturated carbocycles. The largest absolute Gasteiger partial charge is 0.310 e. The summed E-state index contributed by atoms with van der Waals surface area (Å²) in [5.41, 5.74) is 20.0. The van der Waals surface area contributed by atoms with Crippen molar-refractivity contribution in [2.75, 3.05) is 0 Å². The standard InChI is InChI=1S/C61H40N2O/c64-61-53-23-13-14-24-56(53)62-57-29-25-43(49-33-45(39-15-5-1-6-16-39)31-46(34-49)40-17-7-2-8-18-40)37-54(57)51-27-28-52-55-38-44(26-30-58(55)63(61)60(52)59(51)62)50-35-47(41-19-9-3-10-20-41)32-48(36-50)42-21-11-4-12-22-42/h1-13,15-23,25-38H,14,24H2. The quantitative estimate of drug-likeness (QED) is 0.164. The van der Waals surface area contributed by atoms with Gasteiger partial charge in [-0.15, -0.1) is 0 Å². The highest BCUT2D eigenvalue weighted by Gasteiger charge is 2.25. The van der Waals surface area contributed by atoms with Crippen LogP contribution in [0.1, 0.15) is 17.7 Å². The van der Waals surface area contributed by atoms with E-state index in [0.29, 0.717) is 0 Å². The Morgan fingerprint density at radius 3 is 1.12 bits per heavy atom. The molecule has 0 fully saturated rings. The Morgan fingerprint density at radius 2 is 0.703 bits per heavy atom. The van der Waals surface area contributed by atoms with Crippen LogP contribution in [-0.4, -0.2) is 8.80 Å². The summed E-state index contributed by atoms with van der Waals surface area (Å²) in [6, 6.07) is 74.5. The molecule has 1 aliphatic rings. The van der Waals surface area contributed by atoms with E-state index < -0.39 is 0 Å². The number of fused-ring (bicyclic) bond motifs is 8. The Morgan fingerprint density at radius 1 is 0.328 bits per heavy atom. The zero-order valence-electron chi connectivity index (χ0n) is 35.0. The lowest BCUT2D eigenvalue weighted by Crippen LogP contribution is -2.16. The minimum atomic E-state index is 0.0308. The van der Waals surface area contributed by atoms with Crippen molar-refractivity contribution < 1.29 is 0 Å². The zero-order valence-corrected chi connectivity index (χ0v) is 35.0. The van der Waals surface area contributed by atoms with E-state index in [-0.39, 0.29) is 5.56 Å². The Hall–Kier alpha value is -8.27. The Kier molecular flexibility index (Phi) is 8.19. The lowest BCUT2D eigenvalue weighted by molar-refractivity contribution is 0.911. The number of benzene rings is 9. The summed E-state index contributed by atoms with van der Waals surface area (Å²) < 4.78 is 4.43. The van der Waals surface area contributed by atoms with Gasteiger partial charge in [0.1, 0.15) is 0 Å². The Labute approximate surface area is 370 Å². The van der Waals surface area contributed by atoms with Gasteiger partial charge in [0, 0.05) is 27.2 Å². The first kappa shape index (κ1) is 36.4. The van der Waals surface area contributed by atoms with Crippen molar-refractivity contribution in [1.82, 2.24) is 8.80 Å². The van der Waals surface area contributed by atoms with Crippen LogP contribution in [0.4, 0.5) is 0 Å². The summed E-state index contributed by atoms with van der Waals surface area (Å²) in [6.07, 6.45) is 5.90. The molecular weight excluding hydrogens is 777 g/mol. The number of aromatic nitrogens is 2. The van der Waals surface area contributed by atoms with Gasteiger partial charge in [-0.2, -0.15) is 0 Å². The van der Waals surface area contributed by atoms with Crippen LogP contribution in [0, 0.1) is 0 Å². The fourth-order valence-corrected chi connectivity index (χ4v) is 10.4. The second kappa shape index (κ2) is 14.4. The van der Waals surface area contributed by atoms with Gasteiger partial charge in [-0.05, 0) is 140 Å². The average molecular weight is 817 g/mol. The minimum Gasteiger partial charge on any atom is -0.310 e. The summed E-state index contributed by atoms with van der Waals surface area (Å²) in [4.78, 5) is 15.0. The smallest absolute Gasteiger partial charge is 0.264 e. The van der Waals surface area contributed by atoms with Crippen LogP contribution in [0.3, 0.4) is 0 Å². The molecule has 0 amide bonds. The molecule has 0 saturated heterocycles. The molecule has 13 rings (SSSR count). The van der Waals surface area contributed by atoms with Gasteiger partial charge in [0.2, 0.25) is 0 Å². The fourth-order valence-electron chi connectivity index (χ4n) is 10.4. The summed E-state index contributed by atoms with van der Waals surface area (Å²) >= 11 is 0. The number of allylic oxidation sites excluding steroid dienone is 1. The monoisotopic (exact) mass is 816 g/mol. The van der Waals surface area contributed by atoms with Crippen molar-refractivity contribution >= 4 is 49.7 Å². The maximum absolute atomic E-state index is 15.0. The molecule has 9 aromatic carbocycles. The molecule has 0 radical (unpaired) electrons. The van der Waals surface area contributed by atoms with Crippen molar-refractivity contribution in [3.05, 3.63) is 234 Å². The molecule has 1 aliphatic carbocycles. The van der Waals surface area contributed by atoms with Gasteiger partial charge in [0.05, 0.1) is 27.6 Å². The molecular formula is C61H40N2O. The molecule has 0 atom stereocenters. The molecule has 0 unspecified atom stereocenters. The van der Waals surface area contributed by atoms with Gasteiger partial charge in [0.15, 0.2) is 0 Å². The molecule has 300 valence electrons. The molecule has 0 spiro atoms. The Bertz CT molecular complexity index is 3760. The maximum Gasteiger partial charge on any atom is 0.264 e. The van der Waals surface area contributed by atoms with Crippen LogP contribution in [0.25, 0.3) is 116 Å². The zero-order chi connectivity index (χ0) is 42.3. The van der Waals surface area contributed by atoms with Crippen LogP contribution in [0.15, 0.2) is 217 Å². The van der Waals surface area contributed by atoms with Crippen molar-refractivity contribution in [3.63, 3.8) is 0 Å². The first-order valence-electron chi connectivity index (χ1n) is 22.2. The third-order valence-corrected chi connectivity index (χ3v) is 13.5. The van der Waals surface area contributed by atoms with Crippen LogP contribution >= 0.6 is 0 Å². The van der Waals surface area contributed by atoms with E-state index in [2.05, 4.69) is 223 Å². The number of hydrogen-bond donors (Lipinski definition) is 0. The van der Waals surface area contributed by atoms with Crippen LogP contribution in [0.5, 0.6) is 0 Å². The molecule has 3 heteroatoms. The van der Waals surface area contributed by atoms with Gasteiger partial charge in [-0.25, -0.2) is 0 Å². The topological polar surface area (TPSA) is 25.9 Å². The second-order valence-electron chi connectivity index (χ2n) is 17.2. The Balaban J connectivity index is 1.05. The molecule has 0 N–H and O–H groups in total. The highest BCUT2D eigenvalue weighted by molar-refractivity contribution is 6.23. The lowest BCUT2D eigenvalue weighted by atomic mass is 9.92. The number of hydrogen-bond acceptors (Lipinski definition) is 1. The van der Waals surface area contributed by atoms with Gasteiger partial charge in [-0.1, -0.05) is 158 Å². The normalized spacial score (nSPS) is 12.6. The van der Waals surface area contributed by atoms with Gasteiger partial charge < -0.3 is 4.40 Å². The SMILES string of the molecule is O=c1c2c(n3c4ccc(-c5cc(-c6ccccc6)cc(-c6ccccc6)c5)cc4c4ccc5c6cc(-c7cc(-c8ccccc8)cc(-c8ccccc8)c7)ccc6n1c5c43)CCC=C2. The van der Waals surface area contributed by atoms with Crippen molar-refractivity contribution in [2.24, 2.45) is 0 Å². The molecule has 0 aliphatic heterocycles. The molecule has 12 aromatic rings. The average Bonchev–Trinajstić information content (AvgIpc) is 3.85. The van der Waals surface area contributed by atoms with E-state index in [9.17, 15) is 0 Å². The summed E-state index contributed by atoms with van der Waals surface area (Å²) in [6.45, 7) is 0. The summed E-state index contributed by atoms with van der Waals surface area (Å²) in [7, 11) is 0. The van der Waals surface area contributed by atoms with E-state index in [0.717, 1.165) is 79.0 Å². The van der Waals surface area contributed by atoms with Crippen molar-refractivity contribution in [3.8, 4) is 66.8 Å². The number of rotatable bonds is 6. The van der Waals surface area contributed by atoms with Crippen molar-refractivity contribution in [2.45, 2.75) is 12.8 Å². The molecule has 64 heavy (non-hydrogen) atoms. The fraction of sp³-hybridized carbons (Fsp3) is 0.0328. The molecule has 3 aromatic heterocycles. The van der Waals surface area contributed by atoms with E-state index >= 15 is 4.79 Å². The predicted octanol–water partition coefficient (Wildman–Crippen LogP) is 15.4. The first-order chi connectivity index (χ1) is 31.6. The summed E-state index contributed by atoms with van der Waals surface area (Å²) in [5, 5.41) is 4.48. The van der Waals surface area contributed by atoms with Crippen molar-refractivity contribution in [1.29, 1.82) is 0 Å². The minimum absolute atomic E-state index is 0.0308. The van der Waals surface area contributed by atoms with E-state index in [1.54, 1.807) is 0 Å². The molecule has 3 heterocycles. The molecule has 0 bridgehead atoms. The second-order valence-corrected chi connectivity index (χ2v) is 17.2. The maximum atomic E-state index is 15.0. The van der Waals surface area contributed by atoms with E-state index in [1.807, 2.05) is 4.40 Å².